The molecule has 0 saturated carbocycles. The minimum Gasteiger partial charge on any atom is -0.453 e. The number of carbonyl (C=O) groups excluding carboxylic acids is 1. The molecule has 1 rings (SSSR count). The van der Waals surface area contributed by atoms with Crippen molar-refractivity contribution in [1.82, 2.24) is 5.32 Å². The summed E-state index contributed by atoms with van der Waals surface area (Å²) in [6.45, 7) is 5.46. The third kappa shape index (κ3) is 5.47. The van der Waals surface area contributed by atoms with Crippen molar-refractivity contribution in [3.05, 3.63) is 23.7 Å². The Kier molecular flexibility index (Phi) is 7.26. The van der Waals surface area contributed by atoms with Crippen LogP contribution in [0.1, 0.15) is 55.8 Å². The fourth-order valence-electron chi connectivity index (χ4n) is 1.99. The molecular formula is C15H25NO3. The van der Waals surface area contributed by atoms with Gasteiger partial charge in [-0.05, 0) is 24.5 Å². The Balaban J connectivity index is 2.40. The summed E-state index contributed by atoms with van der Waals surface area (Å²) in [7, 11) is 1.60. The van der Waals surface area contributed by atoms with Gasteiger partial charge < -0.3 is 14.5 Å². The molecule has 1 amide bonds. The highest BCUT2D eigenvalue weighted by Crippen LogP contribution is 2.12. The van der Waals surface area contributed by atoms with E-state index >= 15 is 0 Å². The Morgan fingerprint density at radius 3 is 2.84 bits per heavy atom. The van der Waals surface area contributed by atoms with Crippen LogP contribution in [0.5, 0.6) is 0 Å². The Morgan fingerprint density at radius 2 is 2.21 bits per heavy atom. The highest BCUT2D eigenvalue weighted by atomic mass is 16.5. The molecule has 0 aromatic carbocycles. The number of methoxy groups -OCH3 is 1. The van der Waals surface area contributed by atoms with Gasteiger partial charge in [0.2, 0.25) is 0 Å². The molecule has 1 unspecified atom stereocenters. The number of carbonyl (C=O) groups is 1. The molecule has 19 heavy (non-hydrogen) atoms. The van der Waals surface area contributed by atoms with Crippen LogP contribution in [-0.4, -0.2) is 19.6 Å². The SMILES string of the molecule is CCCCC(CC)CNC(=O)c1ccc(COC)o1. The molecule has 1 N–H and O–H groups in total. The van der Waals surface area contributed by atoms with Gasteiger partial charge in [-0.3, -0.25) is 4.79 Å². The van der Waals surface area contributed by atoms with Crippen LogP contribution >= 0.6 is 0 Å². The van der Waals surface area contributed by atoms with Crippen LogP contribution in [0, 0.1) is 5.92 Å². The second-order valence-electron chi connectivity index (χ2n) is 4.83. The molecule has 1 atom stereocenters. The van der Waals surface area contributed by atoms with Crippen molar-refractivity contribution in [2.24, 2.45) is 5.92 Å². The molecule has 0 fully saturated rings. The Hall–Kier alpha value is -1.29. The van der Waals surface area contributed by atoms with Crippen LogP contribution in [0.15, 0.2) is 16.5 Å². The molecular weight excluding hydrogens is 242 g/mol. The maximum absolute atomic E-state index is 11.9. The molecule has 0 radical (unpaired) electrons. The predicted molar refractivity (Wildman–Crippen MR) is 75.1 cm³/mol. The number of rotatable bonds is 9. The van der Waals surface area contributed by atoms with Crippen LogP contribution in [0.2, 0.25) is 0 Å². The predicted octanol–water partition coefficient (Wildman–Crippen LogP) is 3.37. The molecule has 0 bridgehead atoms. The monoisotopic (exact) mass is 267 g/mol. The van der Waals surface area contributed by atoms with Crippen molar-refractivity contribution in [1.29, 1.82) is 0 Å². The first kappa shape index (κ1) is 15.8. The zero-order chi connectivity index (χ0) is 14.1. The summed E-state index contributed by atoms with van der Waals surface area (Å²) in [5, 5.41) is 2.94. The van der Waals surface area contributed by atoms with Crippen LogP contribution < -0.4 is 5.32 Å². The van der Waals surface area contributed by atoms with Gasteiger partial charge >= 0.3 is 0 Å². The Bertz CT molecular complexity index is 373. The van der Waals surface area contributed by atoms with Gasteiger partial charge in [0.1, 0.15) is 12.4 Å². The first-order chi connectivity index (χ1) is 9.21. The van der Waals surface area contributed by atoms with E-state index in [0.717, 1.165) is 13.0 Å². The number of nitrogens with one attached hydrogen (secondary N) is 1. The first-order valence-corrected chi connectivity index (χ1v) is 7.07. The molecule has 108 valence electrons. The smallest absolute Gasteiger partial charge is 0.287 e. The standard InChI is InChI=1S/C15H25NO3/c1-4-6-7-12(5-2)10-16-15(17)14-9-8-13(19-14)11-18-3/h8-9,12H,4-7,10-11H2,1-3H3,(H,16,17). The molecule has 0 spiro atoms. The molecule has 4 nitrogen and oxygen atoms in total. The fourth-order valence-corrected chi connectivity index (χ4v) is 1.99. The second-order valence-corrected chi connectivity index (χ2v) is 4.83. The van der Waals surface area contributed by atoms with Gasteiger partial charge in [0.15, 0.2) is 5.76 Å². The van der Waals surface area contributed by atoms with E-state index in [2.05, 4.69) is 19.2 Å². The molecule has 0 aliphatic rings. The number of ether oxygens (including phenoxy) is 1. The lowest BCUT2D eigenvalue weighted by Crippen LogP contribution is -2.28. The zero-order valence-corrected chi connectivity index (χ0v) is 12.2. The number of furan rings is 1. The van der Waals surface area contributed by atoms with Gasteiger partial charge in [0, 0.05) is 13.7 Å². The van der Waals surface area contributed by atoms with Crippen molar-refractivity contribution in [2.75, 3.05) is 13.7 Å². The average molecular weight is 267 g/mol. The van der Waals surface area contributed by atoms with Gasteiger partial charge in [-0.2, -0.15) is 0 Å². The van der Waals surface area contributed by atoms with Crippen molar-refractivity contribution in [2.45, 2.75) is 46.1 Å². The quantitative estimate of drug-likeness (QED) is 0.746. The Morgan fingerprint density at radius 1 is 1.42 bits per heavy atom. The normalized spacial score (nSPS) is 12.4. The number of hydrogen-bond donors (Lipinski definition) is 1. The van der Waals surface area contributed by atoms with Crippen LogP contribution in [0.25, 0.3) is 0 Å². The molecule has 1 aromatic rings. The summed E-state index contributed by atoms with van der Waals surface area (Å²) in [4.78, 5) is 11.9. The largest absolute Gasteiger partial charge is 0.453 e. The first-order valence-electron chi connectivity index (χ1n) is 7.07. The Labute approximate surface area is 115 Å². The molecule has 0 aliphatic carbocycles. The number of unbranched alkanes of at least 4 members (excludes halogenated alkanes) is 1. The fraction of sp³-hybridized carbons (Fsp3) is 0.667. The molecule has 4 heteroatoms. The lowest BCUT2D eigenvalue weighted by atomic mass is 9.99. The lowest BCUT2D eigenvalue weighted by molar-refractivity contribution is 0.0909. The minimum atomic E-state index is -0.141. The van der Waals surface area contributed by atoms with Gasteiger partial charge in [0.05, 0.1) is 0 Å². The summed E-state index contributed by atoms with van der Waals surface area (Å²) >= 11 is 0. The second kappa shape index (κ2) is 8.75. The molecule has 0 saturated heterocycles. The lowest BCUT2D eigenvalue weighted by Gasteiger charge is -2.14. The highest BCUT2D eigenvalue weighted by molar-refractivity contribution is 5.91. The van der Waals surface area contributed by atoms with Crippen LogP contribution in [0.3, 0.4) is 0 Å². The van der Waals surface area contributed by atoms with E-state index in [1.165, 1.54) is 19.3 Å². The number of amides is 1. The maximum Gasteiger partial charge on any atom is 0.287 e. The minimum absolute atomic E-state index is 0.141. The summed E-state index contributed by atoms with van der Waals surface area (Å²) in [6, 6.07) is 3.46. The van der Waals surface area contributed by atoms with Crippen molar-refractivity contribution < 1.29 is 13.9 Å². The summed E-state index contributed by atoms with van der Waals surface area (Å²) < 4.78 is 10.4. The van der Waals surface area contributed by atoms with Gasteiger partial charge in [-0.15, -0.1) is 0 Å². The van der Waals surface area contributed by atoms with Gasteiger partial charge in [-0.25, -0.2) is 0 Å². The van der Waals surface area contributed by atoms with Crippen LogP contribution in [-0.2, 0) is 11.3 Å². The topological polar surface area (TPSA) is 51.5 Å². The molecule has 1 heterocycles. The van der Waals surface area contributed by atoms with Crippen LogP contribution in [0.4, 0.5) is 0 Å². The van der Waals surface area contributed by atoms with Crippen molar-refractivity contribution in [3.63, 3.8) is 0 Å². The van der Waals surface area contributed by atoms with Crippen molar-refractivity contribution in [3.8, 4) is 0 Å². The summed E-state index contributed by atoms with van der Waals surface area (Å²) in [6.07, 6.45) is 4.67. The highest BCUT2D eigenvalue weighted by Gasteiger charge is 2.13. The third-order valence-electron chi connectivity index (χ3n) is 3.27. The van der Waals surface area contributed by atoms with E-state index in [-0.39, 0.29) is 5.91 Å². The zero-order valence-electron chi connectivity index (χ0n) is 12.2. The van der Waals surface area contributed by atoms with Gasteiger partial charge in [0.25, 0.3) is 5.91 Å². The van der Waals surface area contributed by atoms with E-state index in [0.29, 0.717) is 24.0 Å². The van der Waals surface area contributed by atoms with Gasteiger partial charge in [-0.1, -0.05) is 33.1 Å². The molecule has 1 aromatic heterocycles. The van der Waals surface area contributed by atoms with E-state index in [1.807, 2.05) is 0 Å². The molecule has 0 aliphatic heterocycles. The average Bonchev–Trinajstić information content (AvgIpc) is 2.88. The van der Waals surface area contributed by atoms with E-state index in [1.54, 1.807) is 19.2 Å². The summed E-state index contributed by atoms with van der Waals surface area (Å²) in [5.41, 5.74) is 0. The van der Waals surface area contributed by atoms with Crippen molar-refractivity contribution >= 4 is 5.91 Å². The number of hydrogen-bond acceptors (Lipinski definition) is 3. The maximum atomic E-state index is 11.9. The van der Waals surface area contributed by atoms with E-state index in [4.69, 9.17) is 9.15 Å². The third-order valence-corrected chi connectivity index (χ3v) is 3.27. The van der Waals surface area contributed by atoms with E-state index in [9.17, 15) is 4.79 Å². The van der Waals surface area contributed by atoms with E-state index < -0.39 is 0 Å². The summed E-state index contributed by atoms with van der Waals surface area (Å²) in [5.74, 6) is 1.44.